The molecule has 0 saturated heterocycles. The van der Waals surface area contributed by atoms with Gasteiger partial charge in [-0.05, 0) is 63.6 Å². The van der Waals surface area contributed by atoms with Crippen molar-refractivity contribution in [3.63, 3.8) is 0 Å². The lowest BCUT2D eigenvalue weighted by Crippen LogP contribution is -2.35. The van der Waals surface area contributed by atoms with Gasteiger partial charge in [-0.1, -0.05) is 33.8 Å². The van der Waals surface area contributed by atoms with Crippen LogP contribution in [0.4, 0.5) is 16.3 Å². The number of likely N-dealkylation sites (N-methyl/N-ethyl adjacent to an activating group) is 1. The number of anilines is 2. The maximum absolute atomic E-state index is 12.0. The first kappa shape index (κ1) is 26.5. The summed E-state index contributed by atoms with van der Waals surface area (Å²) in [5, 5.41) is 18.3. The van der Waals surface area contributed by atoms with Crippen LogP contribution in [0.3, 0.4) is 0 Å². The van der Waals surface area contributed by atoms with Crippen LogP contribution in [-0.4, -0.2) is 57.6 Å². The van der Waals surface area contributed by atoms with Crippen LogP contribution in [0.2, 0.25) is 0 Å². The molecular weight excluding hydrogens is 561 g/mol. The monoisotopic (exact) mass is 591 g/mol. The third kappa shape index (κ3) is 7.41. The third-order valence-corrected chi connectivity index (χ3v) is 5.79. The molecular formula is C25H30IN5O4. The summed E-state index contributed by atoms with van der Waals surface area (Å²) in [6.07, 6.45) is 1.10. The zero-order chi connectivity index (χ0) is 25.6. The fraction of sp³-hybridized carbons (Fsp3) is 0.360. The highest BCUT2D eigenvalue weighted by atomic mass is 127. The second kappa shape index (κ2) is 11.5. The highest BCUT2D eigenvalue weighted by molar-refractivity contribution is 14.1. The predicted molar refractivity (Wildman–Crippen MR) is 146 cm³/mol. The minimum atomic E-state index is -0.547. The van der Waals surface area contributed by atoms with Crippen LogP contribution in [-0.2, 0) is 14.0 Å². The Hall–Kier alpha value is -3.15. The van der Waals surface area contributed by atoms with Crippen molar-refractivity contribution in [2.24, 2.45) is 5.16 Å². The number of alkyl halides is 1. The van der Waals surface area contributed by atoms with E-state index in [0.717, 1.165) is 27.7 Å². The van der Waals surface area contributed by atoms with E-state index in [-0.39, 0.29) is 12.4 Å². The van der Waals surface area contributed by atoms with E-state index in [1.807, 2.05) is 52.0 Å². The normalized spacial score (nSPS) is 11.9. The highest BCUT2D eigenvalue weighted by Gasteiger charge is 2.19. The quantitative estimate of drug-likeness (QED) is 0.0874. The Balaban J connectivity index is 1.70. The molecule has 2 aromatic carbocycles. The van der Waals surface area contributed by atoms with Gasteiger partial charge in [0, 0.05) is 28.1 Å². The van der Waals surface area contributed by atoms with Crippen molar-refractivity contribution in [3.05, 3.63) is 53.9 Å². The lowest BCUT2D eigenvalue weighted by molar-refractivity contribution is 0.0235. The number of fused-ring (bicyclic) bond motifs is 1. The largest absolute Gasteiger partial charge is 0.508 e. The molecule has 9 nitrogen and oxygen atoms in total. The van der Waals surface area contributed by atoms with Crippen molar-refractivity contribution < 1.29 is 19.5 Å². The summed E-state index contributed by atoms with van der Waals surface area (Å²) in [7, 11) is 1.66. The number of aromatic hydroxyl groups is 1. The van der Waals surface area contributed by atoms with Gasteiger partial charge >= 0.3 is 6.09 Å². The summed E-state index contributed by atoms with van der Waals surface area (Å²) in [5.74, 6) is 0.915. The van der Waals surface area contributed by atoms with Gasteiger partial charge < -0.3 is 24.9 Å². The van der Waals surface area contributed by atoms with Crippen LogP contribution >= 0.6 is 22.6 Å². The number of halogens is 1. The Morgan fingerprint density at radius 2 is 1.97 bits per heavy atom. The van der Waals surface area contributed by atoms with Crippen molar-refractivity contribution in [1.82, 2.24) is 14.9 Å². The van der Waals surface area contributed by atoms with Gasteiger partial charge in [-0.2, -0.15) is 0 Å². The van der Waals surface area contributed by atoms with E-state index in [2.05, 4.69) is 43.0 Å². The zero-order valence-electron chi connectivity index (χ0n) is 20.5. The van der Waals surface area contributed by atoms with Crippen LogP contribution < -0.4 is 5.32 Å². The molecule has 0 aliphatic heterocycles. The van der Waals surface area contributed by atoms with E-state index in [1.54, 1.807) is 19.2 Å². The molecule has 2 N–H and O–H groups in total. The van der Waals surface area contributed by atoms with Crippen molar-refractivity contribution in [2.75, 3.05) is 25.5 Å². The summed E-state index contributed by atoms with van der Waals surface area (Å²) < 4.78 is 6.02. The van der Waals surface area contributed by atoms with Crippen molar-refractivity contribution in [3.8, 4) is 5.75 Å². The smallest absolute Gasteiger partial charge is 0.410 e. The topological polar surface area (TPSA) is 109 Å². The number of ether oxygens (including phenoxy) is 1. The third-order valence-electron chi connectivity index (χ3n) is 4.96. The molecule has 0 unspecified atom stereocenters. The molecule has 0 bridgehead atoms. The lowest BCUT2D eigenvalue weighted by Gasteiger charge is -2.24. The van der Waals surface area contributed by atoms with Crippen LogP contribution in [0, 0.1) is 0 Å². The number of rotatable bonds is 8. The molecule has 0 radical (unpaired) electrons. The number of carbonyl (C=O) groups is 1. The summed E-state index contributed by atoms with van der Waals surface area (Å²) >= 11 is 2.21. The van der Waals surface area contributed by atoms with Crippen molar-refractivity contribution >= 4 is 56.8 Å². The van der Waals surface area contributed by atoms with Crippen LogP contribution in [0.5, 0.6) is 5.75 Å². The first-order chi connectivity index (χ1) is 16.6. The Bertz CT molecular complexity index is 1230. The van der Waals surface area contributed by atoms with Crippen molar-refractivity contribution in [1.29, 1.82) is 0 Å². The van der Waals surface area contributed by atoms with E-state index in [9.17, 15) is 9.90 Å². The second-order valence-electron chi connectivity index (χ2n) is 8.97. The molecule has 0 aliphatic carbocycles. The summed E-state index contributed by atoms with van der Waals surface area (Å²) in [4.78, 5) is 27.7. The molecule has 1 aromatic heterocycles. The molecule has 3 rings (SSSR count). The Labute approximate surface area is 218 Å². The van der Waals surface area contributed by atoms with Gasteiger partial charge in [0.25, 0.3) is 0 Å². The molecule has 186 valence electrons. The first-order valence-corrected chi connectivity index (χ1v) is 12.6. The molecule has 0 spiro atoms. The number of aromatic nitrogens is 2. The van der Waals surface area contributed by atoms with E-state index in [1.165, 1.54) is 11.2 Å². The Kier molecular flexibility index (Phi) is 8.71. The predicted octanol–water partition coefficient (Wildman–Crippen LogP) is 5.62. The van der Waals surface area contributed by atoms with Crippen LogP contribution in [0.1, 0.15) is 38.8 Å². The van der Waals surface area contributed by atoms with E-state index < -0.39 is 11.7 Å². The van der Waals surface area contributed by atoms with Gasteiger partial charge in [0.05, 0.1) is 17.8 Å². The number of phenolic OH excluding ortho intramolecular Hbond substituents is 1. The van der Waals surface area contributed by atoms with Crippen LogP contribution in [0.15, 0.2) is 47.9 Å². The van der Waals surface area contributed by atoms with Gasteiger partial charge in [-0.15, -0.1) is 0 Å². The SMILES string of the molecule is C/C(=N\OCCN(C)C(=O)OC(C)(C)C)c1ccc2ncnc(Nc3ccc(O)c(CI)c3)c2c1. The number of carbonyl (C=O) groups excluding carboxylic acids is 1. The number of hydrogen-bond acceptors (Lipinski definition) is 8. The van der Waals surface area contributed by atoms with Gasteiger partial charge in [0.15, 0.2) is 0 Å². The maximum Gasteiger partial charge on any atom is 0.410 e. The molecule has 0 saturated carbocycles. The minimum Gasteiger partial charge on any atom is -0.508 e. The maximum atomic E-state index is 12.0. The summed E-state index contributed by atoms with van der Waals surface area (Å²) in [5.41, 5.74) is 3.43. The van der Waals surface area contributed by atoms with Gasteiger partial charge in [0.2, 0.25) is 0 Å². The summed E-state index contributed by atoms with van der Waals surface area (Å²) in [6, 6.07) is 11.1. The summed E-state index contributed by atoms with van der Waals surface area (Å²) in [6.45, 7) is 7.90. The molecule has 10 heteroatoms. The standard InChI is InChI=1S/C25H30IN5O4/c1-16(30-34-11-10-31(5)24(33)35-25(2,3)4)17-6-8-21-20(13-17)23(28-15-27-21)29-19-7-9-22(32)18(12-19)14-26/h6-9,12-13,15,32H,10-11,14H2,1-5H3,(H,27,28,29)/b30-16+. The first-order valence-electron chi connectivity index (χ1n) is 11.1. The highest BCUT2D eigenvalue weighted by Crippen LogP contribution is 2.28. The number of nitrogens with one attached hydrogen (secondary N) is 1. The van der Waals surface area contributed by atoms with Crippen molar-refractivity contribution in [2.45, 2.75) is 37.7 Å². The number of hydrogen-bond donors (Lipinski definition) is 2. The molecule has 0 atom stereocenters. The molecule has 3 aromatic rings. The fourth-order valence-electron chi connectivity index (χ4n) is 3.09. The number of amides is 1. The number of oxime groups is 1. The number of phenols is 1. The second-order valence-corrected chi connectivity index (χ2v) is 9.73. The lowest BCUT2D eigenvalue weighted by atomic mass is 10.1. The Morgan fingerprint density at radius 1 is 1.20 bits per heavy atom. The zero-order valence-corrected chi connectivity index (χ0v) is 22.7. The molecule has 0 fully saturated rings. The molecule has 35 heavy (non-hydrogen) atoms. The number of benzene rings is 2. The Morgan fingerprint density at radius 3 is 2.69 bits per heavy atom. The average Bonchev–Trinajstić information content (AvgIpc) is 2.81. The van der Waals surface area contributed by atoms with E-state index in [4.69, 9.17) is 9.57 Å². The molecule has 0 aliphatic rings. The minimum absolute atomic E-state index is 0.233. The van der Waals surface area contributed by atoms with Gasteiger partial charge in [0.1, 0.15) is 30.1 Å². The van der Waals surface area contributed by atoms with E-state index >= 15 is 0 Å². The van der Waals surface area contributed by atoms with E-state index in [0.29, 0.717) is 22.5 Å². The molecule has 1 heterocycles. The molecule has 1 amide bonds. The van der Waals surface area contributed by atoms with Gasteiger partial charge in [-0.25, -0.2) is 14.8 Å². The van der Waals surface area contributed by atoms with Crippen LogP contribution in [0.25, 0.3) is 10.9 Å². The number of nitrogens with zero attached hydrogens (tertiary/aromatic N) is 4. The average molecular weight is 591 g/mol. The van der Waals surface area contributed by atoms with Gasteiger partial charge in [-0.3, -0.25) is 0 Å². The fourth-order valence-corrected chi connectivity index (χ4v) is 3.70.